The van der Waals surface area contributed by atoms with Crippen LogP contribution in [0.25, 0.3) is 0 Å². The highest BCUT2D eigenvalue weighted by molar-refractivity contribution is 7.90. The summed E-state index contributed by atoms with van der Waals surface area (Å²) in [5, 5.41) is 2.59. The minimum absolute atomic E-state index is 0.116. The summed E-state index contributed by atoms with van der Waals surface area (Å²) < 4.78 is 22.5. The molecule has 0 atom stereocenters. The molecule has 19 heavy (non-hydrogen) atoms. The molecular formula is C13H12N2O3S. The number of anilines is 1. The van der Waals surface area contributed by atoms with Crippen LogP contribution in [0.2, 0.25) is 0 Å². The second kappa shape index (κ2) is 5.19. The van der Waals surface area contributed by atoms with Gasteiger partial charge in [0.25, 0.3) is 5.91 Å². The van der Waals surface area contributed by atoms with Crippen molar-refractivity contribution in [3.63, 3.8) is 0 Å². The molecule has 1 heterocycles. The number of rotatable bonds is 3. The molecule has 0 spiro atoms. The lowest BCUT2D eigenvalue weighted by atomic mass is 10.2. The van der Waals surface area contributed by atoms with Crippen LogP contribution < -0.4 is 5.32 Å². The van der Waals surface area contributed by atoms with Crippen molar-refractivity contribution in [3.05, 3.63) is 54.2 Å². The Labute approximate surface area is 111 Å². The van der Waals surface area contributed by atoms with Gasteiger partial charge in [0.2, 0.25) is 0 Å². The van der Waals surface area contributed by atoms with Crippen LogP contribution in [0.1, 0.15) is 10.4 Å². The summed E-state index contributed by atoms with van der Waals surface area (Å²) in [4.78, 5) is 15.8. The maximum Gasteiger partial charge on any atom is 0.256 e. The van der Waals surface area contributed by atoms with Gasteiger partial charge < -0.3 is 5.32 Å². The third kappa shape index (κ3) is 3.38. The number of nitrogens with one attached hydrogen (secondary N) is 1. The molecule has 5 nitrogen and oxygen atoms in total. The SMILES string of the molecule is CS(=O)(=O)c1ccc(NC(=O)c2ccccc2)nc1. The molecule has 1 aromatic heterocycles. The Morgan fingerprint density at radius 1 is 1.11 bits per heavy atom. The van der Waals surface area contributed by atoms with Gasteiger partial charge in [-0.05, 0) is 24.3 Å². The number of pyridine rings is 1. The monoisotopic (exact) mass is 276 g/mol. The number of aromatic nitrogens is 1. The fraction of sp³-hybridized carbons (Fsp3) is 0.0769. The minimum Gasteiger partial charge on any atom is -0.307 e. The van der Waals surface area contributed by atoms with Crippen molar-refractivity contribution in [3.8, 4) is 0 Å². The van der Waals surface area contributed by atoms with Gasteiger partial charge in [-0.25, -0.2) is 13.4 Å². The van der Waals surface area contributed by atoms with E-state index in [1.807, 2.05) is 6.07 Å². The van der Waals surface area contributed by atoms with E-state index in [0.29, 0.717) is 11.4 Å². The number of sulfone groups is 1. The van der Waals surface area contributed by atoms with Crippen LogP contribution in [0.4, 0.5) is 5.82 Å². The highest BCUT2D eigenvalue weighted by Gasteiger charge is 2.09. The number of carbonyl (C=O) groups excluding carboxylic acids is 1. The zero-order valence-electron chi connectivity index (χ0n) is 10.2. The first-order chi connectivity index (χ1) is 8.97. The minimum atomic E-state index is -3.28. The Kier molecular flexibility index (Phi) is 3.62. The molecule has 0 unspecified atom stereocenters. The van der Waals surface area contributed by atoms with E-state index in [2.05, 4.69) is 10.3 Å². The van der Waals surface area contributed by atoms with E-state index in [9.17, 15) is 13.2 Å². The molecule has 98 valence electrons. The molecule has 0 bridgehead atoms. The van der Waals surface area contributed by atoms with Crippen LogP contribution in [-0.2, 0) is 9.84 Å². The molecule has 0 aliphatic heterocycles. The van der Waals surface area contributed by atoms with Crippen molar-refractivity contribution in [2.45, 2.75) is 4.90 Å². The Morgan fingerprint density at radius 2 is 1.79 bits per heavy atom. The summed E-state index contributed by atoms with van der Waals surface area (Å²) in [5.41, 5.74) is 0.511. The van der Waals surface area contributed by atoms with Crippen molar-refractivity contribution in [1.29, 1.82) is 0 Å². The van der Waals surface area contributed by atoms with Crippen molar-refractivity contribution in [1.82, 2.24) is 4.98 Å². The molecule has 0 fully saturated rings. The van der Waals surface area contributed by atoms with E-state index in [1.165, 1.54) is 18.3 Å². The number of carbonyl (C=O) groups is 1. The molecule has 0 saturated heterocycles. The molecule has 2 rings (SSSR count). The fourth-order valence-electron chi connectivity index (χ4n) is 1.45. The normalized spacial score (nSPS) is 11.0. The predicted octanol–water partition coefficient (Wildman–Crippen LogP) is 1.74. The van der Waals surface area contributed by atoms with E-state index in [-0.39, 0.29) is 10.8 Å². The van der Waals surface area contributed by atoms with Crippen LogP contribution in [0.3, 0.4) is 0 Å². The van der Waals surface area contributed by atoms with Gasteiger partial charge in [-0.1, -0.05) is 18.2 Å². The van der Waals surface area contributed by atoms with E-state index in [4.69, 9.17) is 0 Å². The molecule has 1 amide bonds. The van der Waals surface area contributed by atoms with E-state index >= 15 is 0 Å². The third-order valence-corrected chi connectivity index (χ3v) is 3.54. The standard InChI is InChI=1S/C13H12N2O3S/c1-19(17,18)11-7-8-12(14-9-11)15-13(16)10-5-3-2-4-6-10/h2-9H,1H3,(H,14,15,16). The Balaban J connectivity index is 2.15. The lowest BCUT2D eigenvalue weighted by Crippen LogP contribution is -2.12. The van der Waals surface area contributed by atoms with Gasteiger partial charge in [-0.15, -0.1) is 0 Å². The highest BCUT2D eigenvalue weighted by atomic mass is 32.2. The third-order valence-electron chi connectivity index (χ3n) is 2.44. The fourth-order valence-corrected chi connectivity index (χ4v) is 2.01. The maximum atomic E-state index is 11.8. The maximum absolute atomic E-state index is 11.8. The van der Waals surface area contributed by atoms with Crippen molar-refractivity contribution < 1.29 is 13.2 Å². The average Bonchev–Trinajstić information content (AvgIpc) is 2.39. The van der Waals surface area contributed by atoms with Gasteiger partial charge in [0.05, 0.1) is 4.90 Å². The second-order valence-corrected chi connectivity index (χ2v) is 5.99. The number of amides is 1. The van der Waals surface area contributed by atoms with Crippen molar-refractivity contribution >= 4 is 21.6 Å². The Bertz CT molecular complexity index is 680. The first-order valence-electron chi connectivity index (χ1n) is 5.49. The average molecular weight is 276 g/mol. The largest absolute Gasteiger partial charge is 0.307 e. The smallest absolute Gasteiger partial charge is 0.256 e. The van der Waals surface area contributed by atoms with Gasteiger partial charge >= 0.3 is 0 Å². The topological polar surface area (TPSA) is 76.1 Å². The summed E-state index contributed by atoms with van der Waals surface area (Å²) in [6, 6.07) is 11.6. The number of hydrogen-bond acceptors (Lipinski definition) is 4. The summed E-state index contributed by atoms with van der Waals surface area (Å²) in [5.74, 6) is 0.0152. The van der Waals surface area contributed by atoms with Crippen LogP contribution in [0.15, 0.2) is 53.6 Å². The van der Waals surface area contributed by atoms with Gasteiger partial charge in [-0.2, -0.15) is 0 Å². The van der Waals surface area contributed by atoms with Crippen LogP contribution in [-0.4, -0.2) is 25.6 Å². The summed E-state index contributed by atoms with van der Waals surface area (Å²) in [6.45, 7) is 0. The lowest BCUT2D eigenvalue weighted by molar-refractivity contribution is 0.102. The van der Waals surface area contributed by atoms with Crippen molar-refractivity contribution in [2.75, 3.05) is 11.6 Å². The van der Waals surface area contributed by atoms with E-state index in [1.54, 1.807) is 24.3 Å². The Morgan fingerprint density at radius 3 is 2.32 bits per heavy atom. The molecule has 0 saturated carbocycles. The summed E-state index contributed by atoms with van der Waals surface area (Å²) in [7, 11) is -3.28. The predicted molar refractivity (Wildman–Crippen MR) is 71.7 cm³/mol. The zero-order chi connectivity index (χ0) is 13.9. The number of nitrogens with zero attached hydrogens (tertiary/aromatic N) is 1. The first kappa shape index (κ1) is 13.2. The molecule has 1 N–H and O–H groups in total. The molecule has 0 aliphatic rings. The van der Waals surface area contributed by atoms with Crippen LogP contribution in [0, 0.1) is 0 Å². The van der Waals surface area contributed by atoms with Gasteiger partial charge in [0.1, 0.15) is 5.82 Å². The molecule has 2 aromatic rings. The first-order valence-corrected chi connectivity index (χ1v) is 7.38. The molecule has 1 aromatic carbocycles. The van der Waals surface area contributed by atoms with Gasteiger partial charge in [0, 0.05) is 18.0 Å². The molecule has 0 radical (unpaired) electrons. The zero-order valence-corrected chi connectivity index (χ0v) is 11.0. The molecule has 6 heteroatoms. The lowest BCUT2D eigenvalue weighted by Gasteiger charge is -2.04. The summed E-state index contributed by atoms with van der Waals surface area (Å²) >= 11 is 0. The quantitative estimate of drug-likeness (QED) is 0.926. The van der Waals surface area contributed by atoms with Crippen LogP contribution in [0.5, 0.6) is 0 Å². The van der Waals surface area contributed by atoms with Gasteiger partial charge in [0.15, 0.2) is 9.84 Å². The summed E-state index contributed by atoms with van der Waals surface area (Å²) in [6.07, 6.45) is 2.32. The highest BCUT2D eigenvalue weighted by Crippen LogP contribution is 2.11. The van der Waals surface area contributed by atoms with E-state index < -0.39 is 9.84 Å². The Hall–Kier alpha value is -2.21. The number of benzene rings is 1. The van der Waals surface area contributed by atoms with Crippen molar-refractivity contribution in [2.24, 2.45) is 0 Å². The molecule has 0 aliphatic carbocycles. The number of hydrogen-bond donors (Lipinski definition) is 1. The van der Waals surface area contributed by atoms with E-state index in [0.717, 1.165) is 6.26 Å². The molecular weight excluding hydrogens is 264 g/mol. The van der Waals surface area contributed by atoms with Crippen LogP contribution >= 0.6 is 0 Å². The van der Waals surface area contributed by atoms with Gasteiger partial charge in [-0.3, -0.25) is 4.79 Å². The second-order valence-electron chi connectivity index (χ2n) is 3.97.